The van der Waals surface area contributed by atoms with Gasteiger partial charge in [-0.3, -0.25) is 4.79 Å². The molecule has 0 aromatic carbocycles. The van der Waals surface area contributed by atoms with E-state index < -0.39 is 0 Å². The van der Waals surface area contributed by atoms with Gasteiger partial charge in [0.05, 0.1) is 5.75 Å². The standard InChI is InChI=1S/C15H25NO4S/c1-15(7-3-2-4-8-15)20-14(18)16-9-5-12(6-10-16)19-13(17)11-21/h12,21H,2-11H2,1H3. The van der Waals surface area contributed by atoms with Gasteiger partial charge in [0.1, 0.15) is 11.7 Å². The molecular formula is C15H25NO4S. The van der Waals surface area contributed by atoms with Crippen molar-refractivity contribution in [3.05, 3.63) is 0 Å². The summed E-state index contributed by atoms with van der Waals surface area (Å²) in [4.78, 5) is 25.2. The van der Waals surface area contributed by atoms with E-state index in [4.69, 9.17) is 9.47 Å². The Balaban J connectivity index is 1.76. The van der Waals surface area contributed by atoms with Crippen molar-refractivity contribution in [1.82, 2.24) is 4.90 Å². The van der Waals surface area contributed by atoms with Crippen LogP contribution in [0.3, 0.4) is 0 Å². The summed E-state index contributed by atoms with van der Waals surface area (Å²) in [5.74, 6) is -0.199. The molecule has 21 heavy (non-hydrogen) atoms. The fourth-order valence-electron chi connectivity index (χ4n) is 3.06. The maximum Gasteiger partial charge on any atom is 0.410 e. The Bertz CT molecular complexity index is 374. The Hall–Kier alpha value is -0.910. The summed E-state index contributed by atoms with van der Waals surface area (Å²) in [5, 5.41) is 0. The van der Waals surface area contributed by atoms with E-state index in [9.17, 15) is 9.59 Å². The second kappa shape index (κ2) is 7.38. The number of ether oxygens (including phenoxy) is 2. The Morgan fingerprint density at radius 1 is 1.19 bits per heavy atom. The van der Waals surface area contributed by atoms with Gasteiger partial charge in [-0.1, -0.05) is 6.42 Å². The highest BCUT2D eigenvalue weighted by Crippen LogP contribution is 2.32. The fraction of sp³-hybridized carbons (Fsp3) is 0.867. The molecule has 6 heteroatoms. The number of rotatable bonds is 3. The topological polar surface area (TPSA) is 55.8 Å². The Morgan fingerprint density at radius 2 is 1.81 bits per heavy atom. The molecule has 1 amide bonds. The molecule has 0 spiro atoms. The zero-order valence-electron chi connectivity index (χ0n) is 12.7. The molecule has 0 unspecified atom stereocenters. The highest BCUT2D eigenvalue weighted by Gasteiger charge is 2.34. The molecule has 0 aromatic heterocycles. The first-order valence-corrected chi connectivity index (χ1v) is 8.44. The van der Waals surface area contributed by atoms with Crippen molar-refractivity contribution < 1.29 is 19.1 Å². The maximum atomic E-state index is 12.2. The molecule has 1 saturated heterocycles. The lowest BCUT2D eigenvalue weighted by Gasteiger charge is -2.37. The molecule has 0 aromatic rings. The number of thiol groups is 1. The van der Waals surface area contributed by atoms with Gasteiger partial charge in [0.15, 0.2) is 0 Å². The first-order chi connectivity index (χ1) is 10.0. The molecule has 120 valence electrons. The van der Waals surface area contributed by atoms with Gasteiger partial charge in [0, 0.05) is 25.9 Å². The number of likely N-dealkylation sites (tertiary alicyclic amines) is 1. The molecule has 2 aliphatic rings. The molecule has 1 aliphatic heterocycles. The predicted molar refractivity (Wildman–Crippen MR) is 82.5 cm³/mol. The van der Waals surface area contributed by atoms with E-state index in [0.717, 1.165) is 25.7 Å². The molecule has 1 saturated carbocycles. The Labute approximate surface area is 131 Å². The molecule has 5 nitrogen and oxygen atoms in total. The van der Waals surface area contributed by atoms with Gasteiger partial charge in [0.2, 0.25) is 0 Å². The van der Waals surface area contributed by atoms with Crippen molar-refractivity contribution in [2.24, 2.45) is 0 Å². The van der Waals surface area contributed by atoms with Crippen LogP contribution in [-0.2, 0) is 14.3 Å². The second-order valence-electron chi connectivity index (χ2n) is 6.21. The van der Waals surface area contributed by atoms with E-state index in [0.29, 0.717) is 25.9 Å². The van der Waals surface area contributed by atoms with Gasteiger partial charge >= 0.3 is 12.1 Å². The van der Waals surface area contributed by atoms with E-state index in [2.05, 4.69) is 12.6 Å². The molecule has 2 fully saturated rings. The van der Waals surface area contributed by atoms with E-state index in [-0.39, 0.29) is 29.5 Å². The lowest BCUT2D eigenvalue weighted by Crippen LogP contribution is -2.45. The van der Waals surface area contributed by atoms with Gasteiger partial charge in [0.25, 0.3) is 0 Å². The molecule has 2 rings (SSSR count). The predicted octanol–water partition coefficient (Wildman–Crippen LogP) is 2.78. The van der Waals surface area contributed by atoms with Crippen LogP contribution in [0.4, 0.5) is 4.79 Å². The van der Waals surface area contributed by atoms with Crippen LogP contribution in [0.2, 0.25) is 0 Å². The number of hydrogen-bond donors (Lipinski definition) is 1. The van der Waals surface area contributed by atoms with Crippen LogP contribution >= 0.6 is 12.6 Å². The highest BCUT2D eigenvalue weighted by molar-refractivity contribution is 7.81. The van der Waals surface area contributed by atoms with Crippen molar-refractivity contribution in [3.8, 4) is 0 Å². The molecule has 0 atom stereocenters. The van der Waals surface area contributed by atoms with Gasteiger partial charge in [-0.2, -0.15) is 12.6 Å². The molecule has 0 bridgehead atoms. The summed E-state index contributed by atoms with van der Waals surface area (Å²) in [6.45, 7) is 3.20. The first kappa shape index (κ1) is 16.5. The Morgan fingerprint density at radius 3 is 2.38 bits per heavy atom. The van der Waals surface area contributed by atoms with Crippen LogP contribution in [0.5, 0.6) is 0 Å². The lowest BCUT2D eigenvalue weighted by atomic mass is 9.86. The van der Waals surface area contributed by atoms with Crippen molar-refractivity contribution in [1.29, 1.82) is 0 Å². The molecular weight excluding hydrogens is 290 g/mol. The van der Waals surface area contributed by atoms with Crippen molar-refractivity contribution in [2.75, 3.05) is 18.8 Å². The minimum absolute atomic E-state index is 0.0978. The number of amides is 1. The summed E-state index contributed by atoms with van der Waals surface area (Å²) < 4.78 is 11.0. The number of carbonyl (C=O) groups excluding carboxylic acids is 2. The van der Waals surface area contributed by atoms with Crippen molar-refractivity contribution in [2.45, 2.75) is 63.6 Å². The number of piperidine rings is 1. The maximum absolute atomic E-state index is 12.2. The van der Waals surface area contributed by atoms with Crippen LogP contribution < -0.4 is 0 Å². The first-order valence-electron chi connectivity index (χ1n) is 7.81. The van der Waals surface area contributed by atoms with Crippen LogP contribution in [0.1, 0.15) is 51.9 Å². The van der Waals surface area contributed by atoms with Crippen LogP contribution in [0.15, 0.2) is 0 Å². The second-order valence-corrected chi connectivity index (χ2v) is 6.53. The average molecular weight is 315 g/mol. The third-order valence-electron chi connectivity index (χ3n) is 4.37. The third kappa shape index (κ3) is 4.80. The average Bonchev–Trinajstić information content (AvgIpc) is 2.48. The lowest BCUT2D eigenvalue weighted by molar-refractivity contribution is -0.147. The van der Waals surface area contributed by atoms with Gasteiger partial charge in [-0.25, -0.2) is 4.79 Å². The van der Waals surface area contributed by atoms with E-state index >= 15 is 0 Å². The quantitative estimate of drug-likeness (QED) is 0.643. The number of hydrogen-bond acceptors (Lipinski definition) is 5. The molecule has 1 aliphatic carbocycles. The number of nitrogens with zero attached hydrogens (tertiary/aromatic N) is 1. The third-order valence-corrected chi connectivity index (χ3v) is 4.63. The number of esters is 1. The minimum atomic E-state index is -0.301. The summed E-state index contributed by atoms with van der Waals surface area (Å²) >= 11 is 3.89. The van der Waals surface area contributed by atoms with Crippen molar-refractivity contribution in [3.63, 3.8) is 0 Å². The summed E-state index contributed by atoms with van der Waals surface area (Å²) in [7, 11) is 0. The van der Waals surface area contributed by atoms with Gasteiger partial charge < -0.3 is 14.4 Å². The fourth-order valence-corrected chi connectivity index (χ4v) is 3.13. The summed E-state index contributed by atoms with van der Waals surface area (Å²) in [6, 6.07) is 0. The van der Waals surface area contributed by atoms with E-state index in [1.807, 2.05) is 6.92 Å². The van der Waals surface area contributed by atoms with Gasteiger partial charge in [-0.15, -0.1) is 0 Å². The largest absolute Gasteiger partial charge is 0.462 e. The highest BCUT2D eigenvalue weighted by atomic mass is 32.1. The molecule has 0 N–H and O–H groups in total. The number of carbonyl (C=O) groups is 2. The van der Waals surface area contributed by atoms with Crippen LogP contribution in [0.25, 0.3) is 0 Å². The van der Waals surface area contributed by atoms with Crippen LogP contribution in [-0.4, -0.2) is 47.5 Å². The SMILES string of the molecule is CC1(OC(=O)N2CCC(OC(=O)CS)CC2)CCCCC1. The zero-order chi connectivity index (χ0) is 15.3. The van der Waals surface area contributed by atoms with Crippen molar-refractivity contribution >= 4 is 24.7 Å². The summed E-state index contributed by atoms with van der Waals surface area (Å²) in [5.41, 5.74) is -0.301. The monoisotopic (exact) mass is 315 g/mol. The minimum Gasteiger partial charge on any atom is -0.462 e. The summed E-state index contributed by atoms with van der Waals surface area (Å²) in [6.07, 6.45) is 6.42. The normalized spacial score (nSPS) is 22.7. The molecule has 0 radical (unpaired) electrons. The smallest absolute Gasteiger partial charge is 0.410 e. The van der Waals surface area contributed by atoms with Gasteiger partial charge in [-0.05, 0) is 32.6 Å². The van der Waals surface area contributed by atoms with Crippen LogP contribution in [0, 0.1) is 0 Å². The zero-order valence-corrected chi connectivity index (χ0v) is 13.6. The van der Waals surface area contributed by atoms with E-state index in [1.54, 1.807) is 4.90 Å². The van der Waals surface area contributed by atoms with E-state index in [1.165, 1.54) is 6.42 Å². The Kier molecular flexibility index (Phi) is 5.79. The molecule has 1 heterocycles.